The molecule has 1 N–H and O–H groups in total. The van der Waals surface area contributed by atoms with Crippen molar-refractivity contribution >= 4 is 5.91 Å². The van der Waals surface area contributed by atoms with Gasteiger partial charge in [0.15, 0.2) is 0 Å². The summed E-state index contributed by atoms with van der Waals surface area (Å²) in [6, 6.07) is 6.52. The fourth-order valence-corrected chi connectivity index (χ4v) is 1.99. The van der Waals surface area contributed by atoms with Crippen LogP contribution in [0, 0.1) is 13.8 Å². The van der Waals surface area contributed by atoms with E-state index in [2.05, 4.69) is 37.4 Å². The second-order valence-electron chi connectivity index (χ2n) is 5.19. The molecular weight excluding hydrogens is 236 g/mol. The van der Waals surface area contributed by atoms with Gasteiger partial charge >= 0.3 is 0 Å². The third kappa shape index (κ3) is 5.43. The summed E-state index contributed by atoms with van der Waals surface area (Å²) in [5, 5.41) is 3.06. The zero-order valence-electron chi connectivity index (χ0n) is 12.6. The van der Waals surface area contributed by atoms with Crippen LogP contribution in [0.2, 0.25) is 0 Å². The van der Waals surface area contributed by atoms with E-state index < -0.39 is 0 Å². The third-order valence-corrected chi connectivity index (χ3v) is 3.55. The Morgan fingerprint density at radius 3 is 2.63 bits per heavy atom. The lowest BCUT2D eigenvalue weighted by molar-refractivity contribution is -0.129. The maximum absolute atomic E-state index is 11.9. The van der Waals surface area contributed by atoms with Gasteiger partial charge in [-0.15, -0.1) is 0 Å². The molecular formula is C16H26N2O. The van der Waals surface area contributed by atoms with Crippen molar-refractivity contribution in [3.63, 3.8) is 0 Å². The average molecular weight is 262 g/mol. The number of likely N-dealkylation sites (N-methyl/N-ethyl adjacent to an activating group) is 1. The number of nitrogens with zero attached hydrogens (tertiary/aromatic N) is 1. The molecule has 0 atom stereocenters. The van der Waals surface area contributed by atoms with Gasteiger partial charge in [-0.25, -0.2) is 0 Å². The number of amides is 1. The van der Waals surface area contributed by atoms with Gasteiger partial charge in [-0.3, -0.25) is 4.79 Å². The van der Waals surface area contributed by atoms with Crippen LogP contribution < -0.4 is 5.32 Å². The topological polar surface area (TPSA) is 32.3 Å². The van der Waals surface area contributed by atoms with Crippen molar-refractivity contribution < 1.29 is 4.79 Å². The Morgan fingerprint density at radius 1 is 1.26 bits per heavy atom. The first-order chi connectivity index (χ1) is 9.04. The zero-order valence-corrected chi connectivity index (χ0v) is 12.6. The first-order valence-corrected chi connectivity index (χ1v) is 6.99. The van der Waals surface area contributed by atoms with Crippen LogP contribution >= 0.6 is 0 Å². The van der Waals surface area contributed by atoms with Crippen LogP contribution in [0.25, 0.3) is 0 Å². The number of hydrogen-bond donors (Lipinski definition) is 1. The second-order valence-corrected chi connectivity index (χ2v) is 5.19. The second kappa shape index (κ2) is 7.95. The minimum Gasteiger partial charge on any atom is -0.345 e. The van der Waals surface area contributed by atoms with Gasteiger partial charge in [-0.1, -0.05) is 18.2 Å². The Morgan fingerprint density at radius 2 is 2.00 bits per heavy atom. The highest BCUT2D eigenvalue weighted by Gasteiger charge is 2.08. The smallest absolute Gasteiger partial charge is 0.222 e. The molecule has 0 saturated carbocycles. The molecule has 1 aromatic carbocycles. The minimum absolute atomic E-state index is 0.235. The van der Waals surface area contributed by atoms with Crippen LogP contribution in [0.1, 0.15) is 29.5 Å². The fourth-order valence-electron chi connectivity index (χ4n) is 1.99. The standard InChI is InChI=1S/C16H26N2O/c1-13-7-8-15(12-14(13)2)9-11-18(4)16(19)6-5-10-17-3/h7-8,12,17H,5-6,9-11H2,1-4H3. The molecule has 1 amide bonds. The number of rotatable bonds is 7. The normalized spacial score (nSPS) is 10.5. The molecule has 19 heavy (non-hydrogen) atoms. The summed E-state index contributed by atoms with van der Waals surface area (Å²) in [5.41, 5.74) is 3.94. The molecule has 0 unspecified atom stereocenters. The van der Waals surface area contributed by atoms with E-state index in [9.17, 15) is 4.79 Å². The number of aryl methyl sites for hydroxylation is 2. The van der Waals surface area contributed by atoms with Crippen LogP contribution in [0.15, 0.2) is 18.2 Å². The molecule has 3 heteroatoms. The molecule has 0 aliphatic carbocycles. The van der Waals surface area contributed by atoms with Gasteiger partial charge in [0.25, 0.3) is 0 Å². The molecule has 0 aliphatic heterocycles. The maximum Gasteiger partial charge on any atom is 0.222 e. The fraction of sp³-hybridized carbons (Fsp3) is 0.562. The Labute approximate surface area is 117 Å². The summed E-state index contributed by atoms with van der Waals surface area (Å²) < 4.78 is 0. The number of carbonyl (C=O) groups excluding carboxylic acids is 1. The van der Waals surface area contributed by atoms with Gasteiger partial charge in [0.2, 0.25) is 5.91 Å². The molecule has 0 radical (unpaired) electrons. The van der Waals surface area contributed by atoms with Gasteiger partial charge in [0.1, 0.15) is 0 Å². The number of hydrogen-bond acceptors (Lipinski definition) is 2. The van der Waals surface area contributed by atoms with Crippen molar-refractivity contribution in [3.05, 3.63) is 34.9 Å². The molecule has 0 spiro atoms. The Kier molecular flexibility index (Phi) is 6.57. The molecule has 0 aliphatic rings. The van der Waals surface area contributed by atoms with Crippen molar-refractivity contribution in [1.29, 1.82) is 0 Å². The molecule has 0 saturated heterocycles. The number of nitrogens with one attached hydrogen (secondary N) is 1. The van der Waals surface area contributed by atoms with Crippen molar-refractivity contribution in [2.75, 3.05) is 27.2 Å². The molecule has 0 heterocycles. The predicted molar refractivity (Wildman–Crippen MR) is 80.4 cm³/mol. The summed E-state index contributed by atoms with van der Waals surface area (Å²) in [7, 11) is 3.80. The Balaban J connectivity index is 2.38. The summed E-state index contributed by atoms with van der Waals surface area (Å²) in [4.78, 5) is 13.7. The van der Waals surface area contributed by atoms with E-state index >= 15 is 0 Å². The lowest BCUT2D eigenvalue weighted by atomic mass is 10.0. The quantitative estimate of drug-likeness (QED) is 0.765. The Hall–Kier alpha value is -1.35. The van der Waals surface area contributed by atoms with Gasteiger partial charge < -0.3 is 10.2 Å². The van der Waals surface area contributed by atoms with Crippen LogP contribution in [0.4, 0.5) is 0 Å². The van der Waals surface area contributed by atoms with Gasteiger partial charge in [0.05, 0.1) is 0 Å². The van der Waals surface area contributed by atoms with Gasteiger partial charge in [-0.05, 0) is 57.0 Å². The van der Waals surface area contributed by atoms with E-state index in [1.165, 1.54) is 16.7 Å². The van der Waals surface area contributed by atoms with E-state index in [0.29, 0.717) is 6.42 Å². The third-order valence-electron chi connectivity index (χ3n) is 3.55. The lowest BCUT2D eigenvalue weighted by Gasteiger charge is -2.17. The largest absolute Gasteiger partial charge is 0.345 e. The lowest BCUT2D eigenvalue weighted by Crippen LogP contribution is -2.29. The van der Waals surface area contributed by atoms with Gasteiger partial charge in [0, 0.05) is 20.0 Å². The first kappa shape index (κ1) is 15.7. The zero-order chi connectivity index (χ0) is 14.3. The van der Waals surface area contributed by atoms with Crippen molar-refractivity contribution in [2.45, 2.75) is 33.1 Å². The van der Waals surface area contributed by atoms with Gasteiger partial charge in [-0.2, -0.15) is 0 Å². The van der Waals surface area contributed by atoms with E-state index in [0.717, 1.165) is 25.9 Å². The highest BCUT2D eigenvalue weighted by molar-refractivity contribution is 5.75. The highest BCUT2D eigenvalue weighted by Crippen LogP contribution is 2.10. The number of carbonyl (C=O) groups is 1. The van der Waals surface area contributed by atoms with Crippen molar-refractivity contribution in [3.8, 4) is 0 Å². The van der Waals surface area contributed by atoms with Crippen molar-refractivity contribution in [2.24, 2.45) is 0 Å². The van der Waals surface area contributed by atoms with Crippen LogP contribution in [-0.4, -0.2) is 38.0 Å². The molecule has 106 valence electrons. The summed E-state index contributed by atoms with van der Waals surface area (Å²) in [6.45, 7) is 5.94. The van der Waals surface area contributed by atoms with Crippen LogP contribution in [-0.2, 0) is 11.2 Å². The Bertz CT molecular complexity index is 415. The molecule has 1 aromatic rings. The number of benzene rings is 1. The van der Waals surface area contributed by atoms with E-state index in [1.807, 2.05) is 19.0 Å². The minimum atomic E-state index is 0.235. The van der Waals surface area contributed by atoms with Crippen LogP contribution in [0.3, 0.4) is 0 Å². The monoisotopic (exact) mass is 262 g/mol. The first-order valence-electron chi connectivity index (χ1n) is 6.99. The molecule has 0 aromatic heterocycles. The predicted octanol–water partition coefficient (Wildman–Crippen LogP) is 2.30. The summed E-state index contributed by atoms with van der Waals surface area (Å²) in [6.07, 6.45) is 2.46. The van der Waals surface area contributed by atoms with E-state index in [-0.39, 0.29) is 5.91 Å². The van der Waals surface area contributed by atoms with E-state index in [1.54, 1.807) is 0 Å². The average Bonchev–Trinajstić information content (AvgIpc) is 2.40. The van der Waals surface area contributed by atoms with E-state index in [4.69, 9.17) is 0 Å². The molecule has 1 rings (SSSR count). The highest BCUT2D eigenvalue weighted by atomic mass is 16.2. The van der Waals surface area contributed by atoms with Crippen LogP contribution in [0.5, 0.6) is 0 Å². The molecule has 0 bridgehead atoms. The SMILES string of the molecule is CNCCCC(=O)N(C)CCc1ccc(C)c(C)c1. The summed E-state index contributed by atoms with van der Waals surface area (Å²) >= 11 is 0. The maximum atomic E-state index is 11.9. The summed E-state index contributed by atoms with van der Waals surface area (Å²) in [5.74, 6) is 0.235. The molecule has 3 nitrogen and oxygen atoms in total. The van der Waals surface area contributed by atoms with Crippen molar-refractivity contribution in [1.82, 2.24) is 10.2 Å². The molecule has 0 fully saturated rings.